The number of ether oxygens (including phenoxy) is 1. The first kappa shape index (κ1) is 16.4. The number of nitrogens with zero attached hydrogens (tertiary/aromatic N) is 1. The maximum atomic E-state index is 14.0. The Morgan fingerprint density at radius 3 is 2.57 bits per heavy atom. The summed E-state index contributed by atoms with van der Waals surface area (Å²) >= 11 is 0. The molecule has 1 N–H and O–H groups in total. The molecule has 2 aliphatic rings. The van der Waals surface area contributed by atoms with Gasteiger partial charge in [0, 0.05) is 36.7 Å². The van der Waals surface area contributed by atoms with Gasteiger partial charge in [0.1, 0.15) is 5.82 Å². The number of aliphatic hydroxyl groups is 1. The van der Waals surface area contributed by atoms with Crippen LogP contribution in [0.1, 0.15) is 36.8 Å². The van der Waals surface area contributed by atoms with Gasteiger partial charge in [-0.1, -0.05) is 18.2 Å². The van der Waals surface area contributed by atoms with E-state index in [4.69, 9.17) is 9.84 Å². The molecular formula is C18H24FNO3. The second-order valence-corrected chi connectivity index (χ2v) is 6.61. The van der Waals surface area contributed by atoms with Crippen LogP contribution in [0.5, 0.6) is 0 Å². The van der Waals surface area contributed by atoms with Crippen molar-refractivity contribution in [3.63, 3.8) is 0 Å². The molecule has 1 aromatic carbocycles. The molecule has 0 unspecified atom stereocenters. The Balaban J connectivity index is 1.41. The molecule has 23 heavy (non-hydrogen) atoms. The van der Waals surface area contributed by atoms with E-state index in [1.807, 2.05) is 4.90 Å². The highest BCUT2D eigenvalue weighted by Crippen LogP contribution is 2.32. The molecule has 0 atom stereocenters. The van der Waals surface area contributed by atoms with E-state index in [0.717, 1.165) is 38.8 Å². The Morgan fingerprint density at radius 2 is 1.91 bits per heavy atom. The summed E-state index contributed by atoms with van der Waals surface area (Å²) in [5.41, 5.74) is 0.788. The van der Waals surface area contributed by atoms with Crippen LogP contribution in [0.4, 0.5) is 4.39 Å². The summed E-state index contributed by atoms with van der Waals surface area (Å²) in [6.45, 7) is 2.15. The first-order chi connectivity index (χ1) is 11.2. The minimum Gasteiger partial charge on any atom is -0.392 e. The van der Waals surface area contributed by atoms with Crippen molar-refractivity contribution in [1.29, 1.82) is 0 Å². The van der Waals surface area contributed by atoms with Gasteiger partial charge in [0.2, 0.25) is 5.91 Å². The van der Waals surface area contributed by atoms with Crippen LogP contribution in [0.3, 0.4) is 0 Å². The molecule has 0 radical (unpaired) electrons. The third-order valence-electron chi connectivity index (χ3n) is 4.79. The first-order valence-electron chi connectivity index (χ1n) is 8.42. The lowest BCUT2D eigenvalue weighted by Crippen LogP contribution is -2.40. The molecule has 1 saturated carbocycles. The van der Waals surface area contributed by atoms with Crippen molar-refractivity contribution in [3.05, 3.63) is 35.1 Å². The zero-order chi connectivity index (χ0) is 16.2. The molecule has 1 saturated heterocycles. The van der Waals surface area contributed by atoms with Gasteiger partial charge in [0.25, 0.3) is 0 Å². The number of hydrogen-bond donors (Lipinski definition) is 1. The van der Waals surface area contributed by atoms with Crippen molar-refractivity contribution in [3.8, 4) is 0 Å². The van der Waals surface area contributed by atoms with Crippen LogP contribution in [-0.4, -0.2) is 35.6 Å². The number of likely N-dealkylation sites (tertiary alicyclic amines) is 1. The predicted octanol–water partition coefficient (Wildman–Crippen LogP) is 2.48. The van der Waals surface area contributed by atoms with Crippen LogP contribution in [0.2, 0.25) is 0 Å². The highest BCUT2D eigenvalue weighted by molar-refractivity contribution is 5.81. The van der Waals surface area contributed by atoms with Gasteiger partial charge in [-0.25, -0.2) is 4.39 Å². The summed E-state index contributed by atoms with van der Waals surface area (Å²) in [4.78, 5) is 14.0. The van der Waals surface area contributed by atoms with Crippen LogP contribution < -0.4 is 0 Å². The van der Waals surface area contributed by atoms with E-state index in [9.17, 15) is 9.18 Å². The summed E-state index contributed by atoms with van der Waals surface area (Å²) < 4.78 is 19.6. The average Bonchev–Trinajstić information content (AvgIpc) is 3.41. The fourth-order valence-corrected chi connectivity index (χ4v) is 3.11. The van der Waals surface area contributed by atoms with Gasteiger partial charge < -0.3 is 14.7 Å². The third-order valence-corrected chi connectivity index (χ3v) is 4.79. The highest BCUT2D eigenvalue weighted by Gasteiger charge is 2.34. The lowest BCUT2D eigenvalue weighted by molar-refractivity contribution is -0.134. The van der Waals surface area contributed by atoms with Crippen LogP contribution in [0.25, 0.3) is 0 Å². The zero-order valence-electron chi connectivity index (χ0n) is 13.3. The molecule has 1 heterocycles. The SMILES string of the molecule is O=C(C1CC1)N1CCC(COCc2cccc(CO)c2F)CC1. The second-order valence-electron chi connectivity index (χ2n) is 6.61. The van der Waals surface area contributed by atoms with Gasteiger partial charge in [0.15, 0.2) is 0 Å². The minimum absolute atomic E-state index is 0.223. The lowest BCUT2D eigenvalue weighted by atomic mass is 9.97. The summed E-state index contributed by atoms with van der Waals surface area (Å²) in [7, 11) is 0. The molecular weight excluding hydrogens is 297 g/mol. The van der Waals surface area contributed by atoms with Crippen LogP contribution >= 0.6 is 0 Å². The summed E-state index contributed by atoms with van der Waals surface area (Å²) in [6, 6.07) is 4.99. The quantitative estimate of drug-likeness (QED) is 0.876. The maximum absolute atomic E-state index is 14.0. The van der Waals surface area contributed by atoms with Crippen molar-refractivity contribution < 1.29 is 19.0 Å². The normalized spacial score (nSPS) is 19.1. The van der Waals surface area contributed by atoms with Crippen molar-refractivity contribution in [2.45, 2.75) is 38.9 Å². The van der Waals surface area contributed by atoms with Crippen molar-refractivity contribution in [2.24, 2.45) is 11.8 Å². The van der Waals surface area contributed by atoms with E-state index in [0.29, 0.717) is 35.5 Å². The highest BCUT2D eigenvalue weighted by atomic mass is 19.1. The Hall–Kier alpha value is -1.46. The number of rotatable bonds is 6. The van der Waals surface area contributed by atoms with E-state index < -0.39 is 0 Å². The molecule has 0 spiro atoms. The Bertz CT molecular complexity index is 551. The number of piperidine rings is 1. The maximum Gasteiger partial charge on any atom is 0.225 e. The molecule has 3 rings (SSSR count). The molecule has 2 fully saturated rings. The third kappa shape index (κ3) is 4.09. The number of hydrogen-bond acceptors (Lipinski definition) is 3. The van der Waals surface area contributed by atoms with Gasteiger partial charge in [-0.05, 0) is 31.6 Å². The fourth-order valence-electron chi connectivity index (χ4n) is 3.11. The fraction of sp³-hybridized carbons (Fsp3) is 0.611. The van der Waals surface area contributed by atoms with E-state index in [1.165, 1.54) is 0 Å². The van der Waals surface area contributed by atoms with E-state index in [1.54, 1.807) is 18.2 Å². The minimum atomic E-state index is -0.375. The zero-order valence-corrected chi connectivity index (χ0v) is 13.3. The molecule has 126 valence electrons. The van der Waals surface area contributed by atoms with Crippen LogP contribution in [-0.2, 0) is 22.7 Å². The van der Waals surface area contributed by atoms with Crippen LogP contribution in [0, 0.1) is 17.7 Å². The Morgan fingerprint density at radius 1 is 1.22 bits per heavy atom. The van der Waals surface area contributed by atoms with Gasteiger partial charge in [-0.3, -0.25) is 4.79 Å². The van der Waals surface area contributed by atoms with E-state index in [2.05, 4.69) is 0 Å². The van der Waals surface area contributed by atoms with Gasteiger partial charge in [0.05, 0.1) is 13.2 Å². The molecule has 1 aliphatic carbocycles. The van der Waals surface area contributed by atoms with Crippen LogP contribution in [0.15, 0.2) is 18.2 Å². The second kappa shape index (κ2) is 7.41. The van der Waals surface area contributed by atoms with Gasteiger partial charge in [-0.2, -0.15) is 0 Å². The van der Waals surface area contributed by atoms with E-state index >= 15 is 0 Å². The van der Waals surface area contributed by atoms with E-state index in [-0.39, 0.29) is 19.0 Å². The molecule has 1 aliphatic heterocycles. The molecule has 1 aromatic rings. The molecule has 5 heteroatoms. The number of amides is 1. The standard InChI is InChI=1S/C18H24FNO3/c19-17-15(10-21)2-1-3-16(17)12-23-11-13-6-8-20(9-7-13)18(22)14-4-5-14/h1-3,13-14,21H,4-12H2. The van der Waals surface area contributed by atoms with Gasteiger partial charge >= 0.3 is 0 Å². The summed E-state index contributed by atoms with van der Waals surface area (Å²) in [5, 5.41) is 9.07. The van der Waals surface area contributed by atoms with Crippen molar-refractivity contribution in [1.82, 2.24) is 4.90 Å². The molecule has 1 amide bonds. The monoisotopic (exact) mass is 321 g/mol. The summed E-state index contributed by atoms with van der Waals surface area (Å²) in [6.07, 6.45) is 4.02. The molecule has 0 aromatic heterocycles. The van der Waals surface area contributed by atoms with Gasteiger partial charge in [-0.15, -0.1) is 0 Å². The smallest absolute Gasteiger partial charge is 0.225 e. The Kier molecular flexibility index (Phi) is 5.28. The largest absolute Gasteiger partial charge is 0.392 e. The molecule has 0 bridgehead atoms. The number of benzene rings is 1. The summed E-state index contributed by atoms with van der Waals surface area (Å²) in [5.74, 6) is 0.680. The Labute approximate surface area is 136 Å². The number of halogens is 1. The molecule has 4 nitrogen and oxygen atoms in total. The lowest BCUT2D eigenvalue weighted by Gasteiger charge is -2.32. The predicted molar refractivity (Wildman–Crippen MR) is 84.0 cm³/mol. The first-order valence-corrected chi connectivity index (χ1v) is 8.42. The van der Waals surface area contributed by atoms with Crippen molar-refractivity contribution in [2.75, 3.05) is 19.7 Å². The average molecular weight is 321 g/mol. The van der Waals surface area contributed by atoms with Crippen molar-refractivity contribution >= 4 is 5.91 Å². The topological polar surface area (TPSA) is 49.8 Å². The number of carbonyl (C=O) groups is 1. The number of aliphatic hydroxyl groups excluding tert-OH is 1. The number of carbonyl (C=O) groups excluding carboxylic acids is 1.